The Labute approximate surface area is 122 Å². The maximum absolute atomic E-state index is 12.2. The van der Waals surface area contributed by atoms with Crippen LogP contribution < -0.4 is 10.0 Å². The van der Waals surface area contributed by atoms with Gasteiger partial charge >= 0.3 is 0 Å². The molecule has 20 heavy (non-hydrogen) atoms. The topological polar surface area (TPSA) is 58.2 Å². The van der Waals surface area contributed by atoms with E-state index in [9.17, 15) is 8.42 Å². The van der Waals surface area contributed by atoms with Crippen LogP contribution in [-0.4, -0.2) is 32.3 Å². The van der Waals surface area contributed by atoms with Crippen LogP contribution >= 0.6 is 0 Å². The second-order valence-corrected chi connectivity index (χ2v) is 8.03. The highest BCUT2D eigenvalue weighted by Crippen LogP contribution is 2.41. The van der Waals surface area contributed by atoms with Gasteiger partial charge < -0.3 is 5.32 Å². The Balaban J connectivity index is 1.88. The summed E-state index contributed by atoms with van der Waals surface area (Å²) >= 11 is 0. The van der Waals surface area contributed by atoms with Gasteiger partial charge in [-0.1, -0.05) is 44.2 Å². The first kappa shape index (κ1) is 15.5. The molecule has 0 radical (unpaired) electrons. The molecule has 1 aliphatic rings. The number of benzene rings is 1. The molecule has 3 unspecified atom stereocenters. The summed E-state index contributed by atoms with van der Waals surface area (Å²) in [5.41, 5.74) is 1.22. The standard InChI is InChI=1S/C15H24N2O2S/c1-11(2)16-10-12(3)20(18,19)17-15-9-14(15)13-7-5-4-6-8-13/h4-8,11-12,14-17H,9-10H2,1-3H3. The van der Waals surface area contributed by atoms with Gasteiger partial charge in [0.25, 0.3) is 0 Å². The Morgan fingerprint density at radius 1 is 1.20 bits per heavy atom. The van der Waals surface area contributed by atoms with E-state index >= 15 is 0 Å². The molecule has 0 heterocycles. The summed E-state index contributed by atoms with van der Waals surface area (Å²) in [4.78, 5) is 0. The van der Waals surface area contributed by atoms with Gasteiger partial charge in [0.15, 0.2) is 0 Å². The van der Waals surface area contributed by atoms with Gasteiger partial charge in [-0.2, -0.15) is 0 Å². The fraction of sp³-hybridized carbons (Fsp3) is 0.600. The van der Waals surface area contributed by atoms with E-state index in [2.05, 4.69) is 22.2 Å². The lowest BCUT2D eigenvalue weighted by atomic mass is 10.1. The van der Waals surface area contributed by atoms with Crippen molar-refractivity contribution in [3.8, 4) is 0 Å². The third-order valence-electron chi connectivity index (χ3n) is 3.68. The van der Waals surface area contributed by atoms with Gasteiger partial charge in [0.1, 0.15) is 0 Å². The SMILES string of the molecule is CC(C)NCC(C)S(=O)(=O)NC1CC1c1ccccc1. The van der Waals surface area contributed by atoms with Gasteiger partial charge in [-0.3, -0.25) is 0 Å². The van der Waals surface area contributed by atoms with E-state index in [-0.39, 0.29) is 6.04 Å². The molecule has 2 rings (SSSR count). The molecule has 1 aromatic carbocycles. The van der Waals surface area contributed by atoms with Crippen LogP contribution in [0.5, 0.6) is 0 Å². The van der Waals surface area contributed by atoms with E-state index < -0.39 is 15.3 Å². The predicted molar refractivity (Wildman–Crippen MR) is 82.2 cm³/mol. The molecular formula is C15H24N2O2S. The zero-order valence-electron chi connectivity index (χ0n) is 12.3. The molecule has 1 fully saturated rings. The molecule has 0 saturated heterocycles. The maximum Gasteiger partial charge on any atom is 0.215 e. The fourth-order valence-corrected chi connectivity index (χ4v) is 3.46. The highest BCUT2D eigenvalue weighted by Gasteiger charge is 2.41. The van der Waals surface area contributed by atoms with Crippen molar-refractivity contribution < 1.29 is 8.42 Å². The van der Waals surface area contributed by atoms with Gasteiger partial charge in [0.2, 0.25) is 10.0 Å². The third kappa shape index (κ3) is 4.04. The summed E-state index contributed by atoms with van der Waals surface area (Å²) in [5.74, 6) is 0.330. The second-order valence-electron chi connectivity index (χ2n) is 5.90. The summed E-state index contributed by atoms with van der Waals surface area (Å²) < 4.78 is 27.3. The average molecular weight is 296 g/mol. The molecule has 0 aromatic heterocycles. The van der Waals surface area contributed by atoms with Gasteiger partial charge in [0.05, 0.1) is 5.25 Å². The molecule has 5 heteroatoms. The minimum absolute atomic E-state index is 0.0592. The summed E-state index contributed by atoms with van der Waals surface area (Å²) in [5, 5.41) is 2.75. The Morgan fingerprint density at radius 2 is 1.85 bits per heavy atom. The number of nitrogens with one attached hydrogen (secondary N) is 2. The van der Waals surface area contributed by atoms with E-state index in [4.69, 9.17) is 0 Å². The van der Waals surface area contributed by atoms with E-state index in [1.54, 1.807) is 6.92 Å². The Bertz CT molecular complexity index is 528. The van der Waals surface area contributed by atoms with Crippen molar-refractivity contribution in [1.29, 1.82) is 0 Å². The number of hydrogen-bond acceptors (Lipinski definition) is 3. The third-order valence-corrected chi connectivity index (χ3v) is 5.53. The van der Waals surface area contributed by atoms with Crippen LogP contribution in [0.2, 0.25) is 0 Å². The van der Waals surface area contributed by atoms with Crippen LogP contribution in [0.25, 0.3) is 0 Å². The predicted octanol–water partition coefficient (Wildman–Crippen LogP) is 1.85. The van der Waals surface area contributed by atoms with Crippen molar-refractivity contribution in [3.05, 3.63) is 35.9 Å². The first-order valence-electron chi connectivity index (χ1n) is 7.19. The second kappa shape index (κ2) is 6.24. The molecule has 0 amide bonds. The summed E-state index contributed by atoms with van der Waals surface area (Å²) in [6.45, 7) is 6.26. The maximum atomic E-state index is 12.2. The van der Waals surface area contributed by atoms with Gasteiger partial charge in [-0.05, 0) is 18.9 Å². The van der Waals surface area contributed by atoms with E-state index in [1.165, 1.54) is 5.56 Å². The van der Waals surface area contributed by atoms with Crippen molar-refractivity contribution in [2.45, 2.75) is 50.4 Å². The molecule has 1 saturated carbocycles. The summed E-state index contributed by atoms with van der Waals surface area (Å²) in [6.07, 6.45) is 0.896. The van der Waals surface area contributed by atoms with E-state index in [1.807, 2.05) is 32.0 Å². The highest BCUT2D eigenvalue weighted by molar-refractivity contribution is 7.90. The van der Waals surface area contributed by atoms with Gasteiger partial charge in [-0.15, -0.1) is 0 Å². The number of sulfonamides is 1. The normalized spacial score (nSPS) is 23.8. The first-order valence-corrected chi connectivity index (χ1v) is 8.74. The molecule has 1 aliphatic carbocycles. The molecule has 1 aromatic rings. The highest BCUT2D eigenvalue weighted by atomic mass is 32.2. The molecule has 0 bridgehead atoms. The lowest BCUT2D eigenvalue weighted by Crippen LogP contribution is -2.41. The van der Waals surface area contributed by atoms with Crippen molar-refractivity contribution in [2.75, 3.05) is 6.54 Å². The van der Waals surface area contributed by atoms with Crippen molar-refractivity contribution in [1.82, 2.24) is 10.0 Å². The van der Waals surface area contributed by atoms with Crippen molar-refractivity contribution >= 4 is 10.0 Å². The molecule has 0 spiro atoms. The molecular weight excluding hydrogens is 272 g/mol. The molecule has 3 atom stereocenters. The molecule has 4 nitrogen and oxygen atoms in total. The van der Waals surface area contributed by atoms with Crippen LogP contribution in [0.15, 0.2) is 30.3 Å². The van der Waals surface area contributed by atoms with Crippen LogP contribution in [0, 0.1) is 0 Å². The minimum atomic E-state index is -3.25. The van der Waals surface area contributed by atoms with Crippen LogP contribution in [0.3, 0.4) is 0 Å². The monoisotopic (exact) mass is 296 g/mol. The van der Waals surface area contributed by atoms with Crippen LogP contribution in [-0.2, 0) is 10.0 Å². The Hall–Kier alpha value is -0.910. The smallest absolute Gasteiger partial charge is 0.215 e. The van der Waals surface area contributed by atoms with E-state index in [0.29, 0.717) is 18.5 Å². The quantitative estimate of drug-likeness (QED) is 0.807. The number of hydrogen-bond donors (Lipinski definition) is 2. The largest absolute Gasteiger partial charge is 0.313 e. The van der Waals surface area contributed by atoms with Crippen molar-refractivity contribution in [3.63, 3.8) is 0 Å². The van der Waals surface area contributed by atoms with E-state index in [0.717, 1.165) is 6.42 Å². The average Bonchev–Trinajstić information content (AvgIpc) is 3.15. The fourth-order valence-electron chi connectivity index (χ4n) is 2.23. The zero-order valence-corrected chi connectivity index (χ0v) is 13.2. The van der Waals surface area contributed by atoms with Gasteiger partial charge in [0, 0.05) is 24.5 Å². The minimum Gasteiger partial charge on any atom is -0.313 e. The molecule has 2 N–H and O–H groups in total. The summed E-state index contributed by atoms with van der Waals surface area (Å²) in [6, 6.07) is 10.4. The Kier molecular flexibility index (Phi) is 4.83. The first-order chi connectivity index (χ1) is 9.40. The van der Waals surface area contributed by atoms with Gasteiger partial charge in [-0.25, -0.2) is 13.1 Å². The molecule has 112 valence electrons. The zero-order chi connectivity index (χ0) is 14.8. The lowest BCUT2D eigenvalue weighted by molar-refractivity contribution is 0.539. The lowest BCUT2D eigenvalue weighted by Gasteiger charge is -2.16. The molecule has 0 aliphatic heterocycles. The number of rotatable bonds is 7. The summed E-state index contributed by atoms with van der Waals surface area (Å²) in [7, 11) is -3.25. The van der Waals surface area contributed by atoms with Crippen LogP contribution in [0.1, 0.15) is 38.7 Å². The Morgan fingerprint density at radius 3 is 2.45 bits per heavy atom. The van der Waals surface area contributed by atoms with Crippen LogP contribution in [0.4, 0.5) is 0 Å². The van der Waals surface area contributed by atoms with Crippen molar-refractivity contribution in [2.24, 2.45) is 0 Å².